The highest BCUT2D eigenvalue weighted by Gasteiger charge is 2.44. The largest absolute Gasteiger partial charge is 0.478 e. The smallest absolute Gasteiger partial charge is 0.335 e. The number of nitrogens with one attached hydrogen (secondary N) is 1. The second-order valence-corrected chi connectivity index (χ2v) is 8.26. The van der Waals surface area contributed by atoms with Crippen LogP contribution in [0.3, 0.4) is 0 Å². The van der Waals surface area contributed by atoms with Gasteiger partial charge >= 0.3 is 11.9 Å². The van der Waals surface area contributed by atoms with Crippen molar-refractivity contribution in [2.45, 2.75) is 44.9 Å². The van der Waals surface area contributed by atoms with Gasteiger partial charge in [-0.25, -0.2) is 14.6 Å². The SMILES string of the molecule is CC1(C)CC(C)(C)c2nc(C(=O)Nc3cc(C(=O)O)cc(C(=O)O)c3)cnc21. The predicted octanol–water partition coefficient (Wildman–Crippen LogP) is 3.08. The molecule has 0 saturated carbocycles. The maximum Gasteiger partial charge on any atom is 0.335 e. The third-order valence-electron chi connectivity index (χ3n) is 4.86. The number of anilines is 1. The molecule has 1 aromatic carbocycles. The van der Waals surface area contributed by atoms with Gasteiger partial charge in [0.2, 0.25) is 0 Å². The maximum absolute atomic E-state index is 12.6. The predicted molar refractivity (Wildman–Crippen MR) is 101 cm³/mol. The van der Waals surface area contributed by atoms with Gasteiger partial charge in [-0.15, -0.1) is 0 Å². The molecule has 146 valence electrons. The first-order valence-corrected chi connectivity index (χ1v) is 8.72. The summed E-state index contributed by atoms with van der Waals surface area (Å²) < 4.78 is 0. The van der Waals surface area contributed by atoms with Gasteiger partial charge in [0, 0.05) is 16.5 Å². The number of carboxylic acid groups (broad SMARTS) is 2. The number of aromatic carboxylic acids is 2. The van der Waals surface area contributed by atoms with Gasteiger partial charge in [0.1, 0.15) is 5.69 Å². The Kier molecular flexibility index (Phi) is 4.45. The first-order chi connectivity index (χ1) is 12.9. The molecule has 28 heavy (non-hydrogen) atoms. The van der Waals surface area contributed by atoms with E-state index in [1.807, 2.05) is 13.8 Å². The van der Waals surface area contributed by atoms with Crippen molar-refractivity contribution in [3.05, 3.63) is 52.6 Å². The third-order valence-corrected chi connectivity index (χ3v) is 4.86. The second kappa shape index (κ2) is 6.40. The molecular formula is C20H21N3O5. The molecular weight excluding hydrogens is 362 g/mol. The molecule has 1 heterocycles. The Morgan fingerprint density at radius 3 is 2.00 bits per heavy atom. The molecule has 0 atom stereocenters. The highest BCUT2D eigenvalue weighted by Crippen LogP contribution is 2.47. The van der Waals surface area contributed by atoms with Crippen LogP contribution in [0.1, 0.15) is 76.7 Å². The number of amides is 1. The molecule has 0 saturated heterocycles. The minimum absolute atomic E-state index is 0.0594. The van der Waals surface area contributed by atoms with Gasteiger partial charge in [0.05, 0.1) is 28.7 Å². The summed E-state index contributed by atoms with van der Waals surface area (Å²) in [5, 5.41) is 20.8. The van der Waals surface area contributed by atoms with Crippen LogP contribution >= 0.6 is 0 Å². The van der Waals surface area contributed by atoms with Crippen LogP contribution in [0, 0.1) is 0 Å². The van der Waals surface area contributed by atoms with Gasteiger partial charge in [0.15, 0.2) is 0 Å². The van der Waals surface area contributed by atoms with E-state index in [0.29, 0.717) is 0 Å². The quantitative estimate of drug-likeness (QED) is 0.739. The number of fused-ring (bicyclic) bond motifs is 1. The highest BCUT2D eigenvalue weighted by atomic mass is 16.4. The van der Waals surface area contributed by atoms with Gasteiger partial charge in [0.25, 0.3) is 5.91 Å². The van der Waals surface area contributed by atoms with E-state index in [9.17, 15) is 14.4 Å². The maximum atomic E-state index is 12.6. The lowest BCUT2D eigenvalue weighted by molar-refractivity contribution is 0.0696. The van der Waals surface area contributed by atoms with E-state index in [4.69, 9.17) is 10.2 Å². The van der Waals surface area contributed by atoms with Crippen LogP contribution in [0.2, 0.25) is 0 Å². The fourth-order valence-electron chi connectivity index (χ4n) is 3.88. The molecule has 1 aliphatic rings. The topological polar surface area (TPSA) is 129 Å². The molecule has 0 spiro atoms. The fourth-order valence-corrected chi connectivity index (χ4v) is 3.88. The zero-order valence-electron chi connectivity index (χ0n) is 16.0. The van der Waals surface area contributed by atoms with E-state index in [1.165, 1.54) is 18.3 Å². The zero-order valence-corrected chi connectivity index (χ0v) is 16.0. The Labute approximate surface area is 161 Å². The van der Waals surface area contributed by atoms with Gasteiger partial charge in [-0.05, 0) is 24.6 Å². The molecule has 1 aromatic heterocycles. The van der Waals surface area contributed by atoms with Crippen LogP contribution in [-0.4, -0.2) is 38.0 Å². The third kappa shape index (κ3) is 3.45. The van der Waals surface area contributed by atoms with E-state index >= 15 is 0 Å². The average Bonchev–Trinajstić information content (AvgIpc) is 2.78. The van der Waals surface area contributed by atoms with E-state index in [1.54, 1.807) is 0 Å². The van der Waals surface area contributed by atoms with Crippen LogP contribution < -0.4 is 5.32 Å². The molecule has 0 aliphatic heterocycles. The van der Waals surface area contributed by atoms with Gasteiger partial charge in [-0.1, -0.05) is 27.7 Å². The summed E-state index contributed by atoms with van der Waals surface area (Å²) in [5.74, 6) is -3.17. The molecule has 0 radical (unpaired) electrons. The fraction of sp³-hybridized carbons (Fsp3) is 0.350. The molecule has 1 aliphatic carbocycles. The molecule has 1 amide bonds. The van der Waals surface area contributed by atoms with Crippen molar-refractivity contribution >= 4 is 23.5 Å². The number of rotatable bonds is 4. The molecule has 3 N–H and O–H groups in total. The number of carbonyl (C=O) groups is 3. The normalized spacial score (nSPS) is 16.3. The number of carbonyl (C=O) groups excluding carboxylic acids is 1. The summed E-state index contributed by atoms with van der Waals surface area (Å²) >= 11 is 0. The lowest BCUT2D eigenvalue weighted by atomic mass is 9.83. The van der Waals surface area contributed by atoms with Crippen LogP contribution in [0.4, 0.5) is 5.69 Å². The number of benzene rings is 1. The van der Waals surface area contributed by atoms with Crippen molar-refractivity contribution in [1.82, 2.24) is 9.97 Å². The molecule has 2 aromatic rings. The Morgan fingerprint density at radius 1 is 0.929 bits per heavy atom. The summed E-state index contributed by atoms with van der Waals surface area (Å²) in [4.78, 5) is 44.0. The lowest BCUT2D eigenvalue weighted by Gasteiger charge is -2.21. The van der Waals surface area contributed by atoms with E-state index in [-0.39, 0.29) is 33.3 Å². The van der Waals surface area contributed by atoms with Crippen molar-refractivity contribution in [2.75, 3.05) is 5.32 Å². The summed E-state index contributed by atoms with van der Waals surface area (Å²) in [5.41, 5.74) is 0.905. The standard InChI is InChI=1S/C20H21N3O5/c1-19(2)9-20(3,4)15-14(19)21-8-13(23-15)16(24)22-12-6-10(17(25)26)5-11(7-12)18(27)28/h5-8H,9H2,1-4H3,(H,22,24)(H,25,26)(H,27,28). The minimum atomic E-state index is -1.29. The number of nitrogens with zero attached hydrogens (tertiary/aromatic N) is 2. The summed E-state index contributed by atoms with van der Waals surface area (Å²) in [6.45, 7) is 8.26. The summed E-state index contributed by atoms with van der Waals surface area (Å²) in [7, 11) is 0. The van der Waals surface area contributed by atoms with Gasteiger partial charge < -0.3 is 15.5 Å². The van der Waals surface area contributed by atoms with Crippen molar-refractivity contribution in [3.63, 3.8) is 0 Å². The zero-order chi connectivity index (χ0) is 20.9. The Hall–Kier alpha value is -3.29. The number of carboxylic acids is 2. The number of hydrogen-bond donors (Lipinski definition) is 3. The van der Waals surface area contributed by atoms with Gasteiger partial charge in [-0.3, -0.25) is 9.78 Å². The van der Waals surface area contributed by atoms with Crippen molar-refractivity contribution in [3.8, 4) is 0 Å². The summed E-state index contributed by atoms with van der Waals surface area (Å²) in [6, 6.07) is 3.42. The number of aromatic nitrogens is 2. The van der Waals surface area contributed by atoms with Crippen molar-refractivity contribution in [1.29, 1.82) is 0 Å². The minimum Gasteiger partial charge on any atom is -0.478 e. The van der Waals surface area contributed by atoms with E-state index < -0.39 is 17.8 Å². The van der Waals surface area contributed by atoms with Crippen molar-refractivity contribution < 1.29 is 24.6 Å². The highest BCUT2D eigenvalue weighted by molar-refractivity contribution is 6.04. The average molecular weight is 383 g/mol. The van der Waals surface area contributed by atoms with Gasteiger partial charge in [-0.2, -0.15) is 0 Å². The first-order valence-electron chi connectivity index (χ1n) is 8.72. The Balaban J connectivity index is 1.95. The van der Waals surface area contributed by atoms with Crippen LogP contribution in [0.25, 0.3) is 0 Å². The molecule has 0 unspecified atom stereocenters. The first kappa shape index (κ1) is 19.5. The van der Waals surface area contributed by atoms with E-state index in [0.717, 1.165) is 23.9 Å². The van der Waals surface area contributed by atoms with E-state index in [2.05, 4.69) is 29.1 Å². The second-order valence-electron chi connectivity index (χ2n) is 8.26. The van der Waals surface area contributed by atoms with Crippen LogP contribution in [0.15, 0.2) is 24.4 Å². The molecule has 0 bridgehead atoms. The van der Waals surface area contributed by atoms with Crippen LogP contribution in [0.5, 0.6) is 0 Å². The Morgan fingerprint density at radius 2 is 1.46 bits per heavy atom. The van der Waals surface area contributed by atoms with Crippen molar-refractivity contribution in [2.24, 2.45) is 0 Å². The monoisotopic (exact) mass is 383 g/mol. The molecule has 0 fully saturated rings. The number of hydrogen-bond acceptors (Lipinski definition) is 5. The Bertz CT molecular complexity index is 979. The summed E-state index contributed by atoms with van der Waals surface area (Å²) in [6.07, 6.45) is 2.24. The molecule has 3 rings (SSSR count). The molecule has 8 nitrogen and oxygen atoms in total. The lowest BCUT2D eigenvalue weighted by Crippen LogP contribution is -2.20. The molecule has 8 heteroatoms. The van der Waals surface area contributed by atoms with Crippen LogP contribution in [-0.2, 0) is 10.8 Å².